The van der Waals surface area contributed by atoms with Gasteiger partial charge in [-0.15, -0.1) is 11.3 Å². The van der Waals surface area contributed by atoms with Gasteiger partial charge in [0.2, 0.25) is 0 Å². The Hall–Kier alpha value is -1.74. The summed E-state index contributed by atoms with van der Waals surface area (Å²) in [6.07, 6.45) is 4.31. The summed E-state index contributed by atoms with van der Waals surface area (Å²) in [5.74, 6) is 0.0622. The van der Waals surface area contributed by atoms with Crippen molar-refractivity contribution in [3.05, 3.63) is 28.0 Å². The normalized spacial score (nSPS) is 21.9. The van der Waals surface area contributed by atoms with Gasteiger partial charge in [0, 0.05) is 16.6 Å². The fourth-order valence-corrected chi connectivity index (χ4v) is 6.02. The Balaban J connectivity index is 1.67. The molecule has 7 nitrogen and oxygen atoms in total. The van der Waals surface area contributed by atoms with Crippen molar-refractivity contribution in [1.29, 1.82) is 0 Å². The largest absolute Gasteiger partial charge is 0.296 e. The van der Waals surface area contributed by atoms with Gasteiger partial charge < -0.3 is 0 Å². The number of hydrogen-bond donors (Lipinski definition) is 1. The quantitative estimate of drug-likeness (QED) is 0.880. The monoisotopic (exact) mass is 380 g/mol. The summed E-state index contributed by atoms with van der Waals surface area (Å²) < 4.78 is 25.5. The first-order valence-electron chi connectivity index (χ1n) is 8.47. The van der Waals surface area contributed by atoms with E-state index in [1.807, 2.05) is 17.0 Å². The third-order valence-corrected chi connectivity index (χ3v) is 7.44. The Labute approximate surface area is 150 Å². The van der Waals surface area contributed by atoms with E-state index in [9.17, 15) is 13.2 Å². The lowest BCUT2D eigenvalue weighted by molar-refractivity contribution is 0.102. The molecule has 0 bridgehead atoms. The van der Waals surface area contributed by atoms with E-state index in [1.54, 1.807) is 0 Å². The second kappa shape index (κ2) is 6.21. The second-order valence-electron chi connectivity index (χ2n) is 6.73. The summed E-state index contributed by atoms with van der Waals surface area (Å²) in [6, 6.07) is -0.152. The van der Waals surface area contributed by atoms with Crippen LogP contribution in [0.15, 0.2) is 5.38 Å². The highest BCUT2D eigenvalue weighted by atomic mass is 32.2. The second-order valence-corrected chi connectivity index (χ2v) is 9.82. The van der Waals surface area contributed by atoms with Crippen LogP contribution >= 0.6 is 11.3 Å². The van der Waals surface area contributed by atoms with Crippen LogP contribution < -0.4 is 5.32 Å². The Kier molecular flexibility index (Phi) is 4.15. The number of hydrogen-bond acceptors (Lipinski definition) is 6. The van der Waals surface area contributed by atoms with Crippen LogP contribution in [0.3, 0.4) is 0 Å². The number of nitrogens with one attached hydrogen (secondary N) is 1. The zero-order chi connectivity index (χ0) is 17.6. The standard InChI is InChI=1S/C16H20N4O3S2/c1-10-8-24-16(17-10)18-15(21)14-12-4-2-3-5-13(12)20(19-14)11-6-7-25(22,23)9-11/h8,11H,2-7,9H2,1H3,(H,17,18,21)/t11-/m1/s1. The number of anilines is 1. The van der Waals surface area contributed by atoms with Crippen LogP contribution in [0.4, 0.5) is 5.13 Å². The van der Waals surface area contributed by atoms with E-state index in [4.69, 9.17) is 0 Å². The molecule has 0 aromatic carbocycles. The maximum atomic E-state index is 12.7. The van der Waals surface area contributed by atoms with E-state index in [1.165, 1.54) is 11.3 Å². The van der Waals surface area contributed by atoms with Crippen molar-refractivity contribution in [3.8, 4) is 0 Å². The van der Waals surface area contributed by atoms with Crippen LogP contribution in [0.1, 0.15) is 52.7 Å². The lowest BCUT2D eigenvalue weighted by atomic mass is 9.95. The number of nitrogens with zero attached hydrogens (tertiary/aromatic N) is 3. The topological polar surface area (TPSA) is 94.0 Å². The third kappa shape index (κ3) is 3.22. The number of aromatic nitrogens is 3. The molecule has 0 saturated carbocycles. The van der Waals surface area contributed by atoms with Gasteiger partial charge in [-0.2, -0.15) is 5.10 Å². The Morgan fingerprint density at radius 3 is 2.84 bits per heavy atom. The van der Waals surface area contributed by atoms with Crippen molar-refractivity contribution in [2.24, 2.45) is 0 Å². The summed E-state index contributed by atoms with van der Waals surface area (Å²) in [4.78, 5) is 17.0. The van der Waals surface area contributed by atoms with Crippen molar-refractivity contribution in [1.82, 2.24) is 14.8 Å². The first-order valence-corrected chi connectivity index (χ1v) is 11.2. The Morgan fingerprint density at radius 2 is 2.16 bits per heavy atom. The predicted molar refractivity (Wildman–Crippen MR) is 96.0 cm³/mol. The van der Waals surface area contributed by atoms with Gasteiger partial charge in [-0.1, -0.05) is 0 Å². The first kappa shape index (κ1) is 16.7. The molecule has 0 spiro atoms. The zero-order valence-electron chi connectivity index (χ0n) is 14.0. The van der Waals surface area contributed by atoms with Crippen LogP contribution in [-0.2, 0) is 22.7 Å². The lowest BCUT2D eigenvalue weighted by Crippen LogP contribution is -2.17. The van der Waals surface area contributed by atoms with Crippen molar-refractivity contribution >= 4 is 32.2 Å². The molecule has 1 saturated heterocycles. The van der Waals surface area contributed by atoms with Gasteiger partial charge in [-0.05, 0) is 39.0 Å². The van der Waals surface area contributed by atoms with Crippen LogP contribution in [0.2, 0.25) is 0 Å². The zero-order valence-corrected chi connectivity index (χ0v) is 15.6. The average molecular weight is 380 g/mol. The first-order chi connectivity index (χ1) is 11.9. The highest BCUT2D eigenvalue weighted by molar-refractivity contribution is 7.91. The maximum Gasteiger partial charge on any atom is 0.278 e. The number of rotatable bonds is 3. The summed E-state index contributed by atoms with van der Waals surface area (Å²) in [7, 11) is -3.00. The summed E-state index contributed by atoms with van der Waals surface area (Å²) in [5.41, 5.74) is 3.30. The SMILES string of the molecule is Cc1csc(NC(=O)c2nn([C@@H]3CCS(=O)(=O)C3)c3c2CCCC3)n1. The molecule has 1 amide bonds. The Morgan fingerprint density at radius 1 is 1.36 bits per heavy atom. The lowest BCUT2D eigenvalue weighted by Gasteiger charge is -2.17. The van der Waals surface area contributed by atoms with Crippen molar-refractivity contribution in [2.75, 3.05) is 16.8 Å². The molecule has 0 radical (unpaired) electrons. The fraction of sp³-hybridized carbons (Fsp3) is 0.562. The molecule has 3 heterocycles. The number of amides is 1. The van der Waals surface area contributed by atoms with Crippen molar-refractivity contribution in [3.63, 3.8) is 0 Å². The van der Waals surface area contributed by atoms with E-state index in [-0.39, 0.29) is 23.5 Å². The summed E-state index contributed by atoms with van der Waals surface area (Å²) in [5, 5.41) is 9.83. The van der Waals surface area contributed by atoms with E-state index in [0.29, 0.717) is 17.2 Å². The predicted octanol–water partition coefficient (Wildman–Crippen LogP) is 2.14. The average Bonchev–Trinajstić information content (AvgIpc) is 3.24. The molecule has 0 unspecified atom stereocenters. The number of thiazole rings is 1. The number of fused-ring (bicyclic) bond motifs is 1. The van der Waals surface area contributed by atoms with Gasteiger partial charge in [-0.3, -0.25) is 14.8 Å². The molecule has 2 aromatic heterocycles. The van der Waals surface area contributed by atoms with Crippen LogP contribution in [0, 0.1) is 6.92 Å². The molecule has 4 rings (SSSR count). The minimum atomic E-state index is -3.00. The molecule has 1 aliphatic heterocycles. The number of aryl methyl sites for hydroxylation is 1. The van der Waals surface area contributed by atoms with E-state index in [2.05, 4.69) is 15.4 Å². The molecule has 1 aliphatic carbocycles. The van der Waals surface area contributed by atoms with E-state index < -0.39 is 9.84 Å². The van der Waals surface area contributed by atoms with E-state index >= 15 is 0 Å². The van der Waals surface area contributed by atoms with Crippen LogP contribution in [0.5, 0.6) is 0 Å². The summed E-state index contributed by atoms with van der Waals surface area (Å²) in [6.45, 7) is 1.88. The molecule has 25 heavy (non-hydrogen) atoms. The number of carbonyl (C=O) groups is 1. The highest BCUT2D eigenvalue weighted by Crippen LogP contribution is 2.31. The van der Waals surface area contributed by atoms with Gasteiger partial charge in [0.1, 0.15) is 0 Å². The molecule has 9 heteroatoms. The van der Waals surface area contributed by atoms with Gasteiger partial charge in [0.15, 0.2) is 20.7 Å². The van der Waals surface area contributed by atoms with Crippen molar-refractivity contribution < 1.29 is 13.2 Å². The number of sulfone groups is 1. The smallest absolute Gasteiger partial charge is 0.278 e. The Bertz CT molecular complexity index is 929. The molecule has 1 fully saturated rings. The minimum Gasteiger partial charge on any atom is -0.296 e. The minimum absolute atomic E-state index is 0.119. The van der Waals surface area contributed by atoms with Crippen LogP contribution in [-0.4, -0.2) is 40.6 Å². The molecule has 1 N–H and O–H groups in total. The fourth-order valence-electron chi connectivity index (χ4n) is 3.65. The molecular weight excluding hydrogens is 360 g/mol. The molecular formula is C16H20N4O3S2. The third-order valence-electron chi connectivity index (χ3n) is 4.82. The van der Waals surface area contributed by atoms with Gasteiger partial charge in [-0.25, -0.2) is 13.4 Å². The van der Waals surface area contributed by atoms with Crippen LogP contribution in [0.25, 0.3) is 0 Å². The van der Waals surface area contributed by atoms with Gasteiger partial charge in [0.05, 0.1) is 23.2 Å². The van der Waals surface area contributed by atoms with Gasteiger partial charge in [0.25, 0.3) is 5.91 Å². The summed E-state index contributed by atoms with van der Waals surface area (Å²) >= 11 is 1.38. The maximum absolute atomic E-state index is 12.7. The van der Waals surface area contributed by atoms with Crippen molar-refractivity contribution in [2.45, 2.75) is 45.1 Å². The molecule has 134 valence electrons. The van der Waals surface area contributed by atoms with E-state index in [0.717, 1.165) is 42.6 Å². The number of carbonyl (C=O) groups excluding carboxylic acids is 1. The highest BCUT2D eigenvalue weighted by Gasteiger charge is 2.34. The molecule has 2 aliphatic rings. The van der Waals surface area contributed by atoms with Gasteiger partial charge >= 0.3 is 0 Å². The molecule has 2 aromatic rings. The molecule has 1 atom stereocenters.